The van der Waals surface area contributed by atoms with Gasteiger partial charge in [0.25, 0.3) is 0 Å². The lowest BCUT2D eigenvalue weighted by Gasteiger charge is -2.26. The van der Waals surface area contributed by atoms with E-state index >= 15 is 0 Å². The maximum absolute atomic E-state index is 11.6. The zero-order valence-electron chi connectivity index (χ0n) is 11.6. The summed E-state index contributed by atoms with van der Waals surface area (Å²) >= 11 is 0. The van der Waals surface area contributed by atoms with Crippen LogP contribution in [-0.2, 0) is 4.74 Å². The summed E-state index contributed by atoms with van der Waals surface area (Å²) in [5.74, 6) is 2.59. The highest BCUT2D eigenvalue weighted by molar-refractivity contribution is 5.67. The molecular weight excluding hydrogens is 216 g/mol. The highest BCUT2D eigenvalue weighted by atomic mass is 16.6. The Kier molecular flexibility index (Phi) is 6.67. The van der Waals surface area contributed by atoms with Crippen LogP contribution >= 0.6 is 0 Å². The van der Waals surface area contributed by atoms with Crippen molar-refractivity contribution in [2.24, 2.45) is 0 Å². The molecule has 4 nitrogen and oxygen atoms in total. The Labute approximate surface area is 105 Å². The van der Waals surface area contributed by atoms with Gasteiger partial charge in [-0.3, -0.25) is 0 Å². The van der Waals surface area contributed by atoms with Gasteiger partial charge < -0.3 is 14.5 Å². The number of nitrogens with zero attached hydrogens (tertiary/aromatic N) is 2. The Morgan fingerprint density at radius 2 is 1.82 bits per heavy atom. The molecule has 0 spiro atoms. The molecular formula is C13H24N2O2. The van der Waals surface area contributed by atoms with Crippen LogP contribution in [0.4, 0.5) is 4.79 Å². The maximum Gasteiger partial charge on any atom is 0.410 e. The molecule has 0 aliphatic carbocycles. The maximum atomic E-state index is 11.6. The molecule has 0 aromatic rings. The highest BCUT2D eigenvalue weighted by Crippen LogP contribution is 2.08. The van der Waals surface area contributed by atoms with Crippen molar-refractivity contribution in [3.8, 4) is 12.3 Å². The predicted octanol–water partition coefficient (Wildman–Crippen LogP) is 1.81. The van der Waals surface area contributed by atoms with E-state index < -0.39 is 5.60 Å². The first-order chi connectivity index (χ1) is 7.76. The van der Waals surface area contributed by atoms with Crippen LogP contribution in [0.3, 0.4) is 0 Å². The molecule has 0 saturated heterocycles. The number of hydrogen-bond acceptors (Lipinski definition) is 3. The molecule has 98 valence electrons. The van der Waals surface area contributed by atoms with Gasteiger partial charge in [0.15, 0.2) is 0 Å². The number of rotatable bonds is 5. The molecule has 0 unspecified atom stereocenters. The van der Waals surface area contributed by atoms with Crippen molar-refractivity contribution in [3.05, 3.63) is 0 Å². The normalized spacial score (nSPS) is 11.1. The fourth-order valence-corrected chi connectivity index (χ4v) is 1.12. The fraction of sp³-hybridized carbons (Fsp3) is 0.769. The zero-order chi connectivity index (χ0) is 13.5. The molecule has 0 fully saturated rings. The first-order valence-electron chi connectivity index (χ1n) is 5.82. The summed E-state index contributed by atoms with van der Waals surface area (Å²) in [6.07, 6.45) is 5.63. The number of hydrogen-bond donors (Lipinski definition) is 0. The Morgan fingerprint density at radius 1 is 1.24 bits per heavy atom. The van der Waals surface area contributed by atoms with Gasteiger partial charge in [0, 0.05) is 33.1 Å². The first kappa shape index (κ1) is 15.8. The van der Waals surface area contributed by atoms with Gasteiger partial charge in [-0.2, -0.15) is 0 Å². The molecule has 0 N–H and O–H groups in total. The van der Waals surface area contributed by atoms with Crippen LogP contribution in [0.1, 0.15) is 27.2 Å². The summed E-state index contributed by atoms with van der Waals surface area (Å²) in [4.78, 5) is 15.3. The molecule has 0 aliphatic heterocycles. The summed E-state index contributed by atoms with van der Waals surface area (Å²) in [7, 11) is 3.73. The summed E-state index contributed by atoms with van der Waals surface area (Å²) in [6, 6.07) is 0. The minimum absolute atomic E-state index is 0.289. The molecule has 4 heteroatoms. The number of ether oxygens (including phenoxy) is 1. The number of terminal acetylenes is 1. The van der Waals surface area contributed by atoms with Gasteiger partial charge in [0.1, 0.15) is 5.60 Å². The van der Waals surface area contributed by atoms with Gasteiger partial charge in [-0.05, 0) is 27.8 Å². The summed E-state index contributed by atoms with van der Waals surface area (Å²) in [5, 5.41) is 0. The Hall–Kier alpha value is -1.21. The average Bonchev–Trinajstić information content (AvgIpc) is 2.20. The third-order valence-electron chi connectivity index (χ3n) is 2.16. The van der Waals surface area contributed by atoms with E-state index in [4.69, 9.17) is 11.2 Å². The molecule has 0 rings (SSSR count). The van der Waals surface area contributed by atoms with Crippen LogP contribution < -0.4 is 0 Å². The van der Waals surface area contributed by atoms with E-state index in [1.807, 2.05) is 27.8 Å². The number of amides is 1. The standard InChI is InChI=1S/C13H24N2O2/c1-7-8-9-14(5)10-11-15(6)12(16)17-13(2,3)4/h1H,8-11H2,2-6H3. The summed E-state index contributed by atoms with van der Waals surface area (Å²) in [6.45, 7) is 7.85. The first-order valence-corrected chi connectivity index (χ1v) is 5.82. The zero-order valence-corrected chi connectivity index (χ0v) is 11.6. The second-order valence-corrected chi connectivity index (χ2v) is 5.16. The number of carbonyl (C=O) groups is 1. The van der Waals surface area contributed by atoms with Gasteiger partial charge in [0.05, 0.1) is 0 Å². The van der Waals surface area contributed by atoms with Gasteiger partial charge in [-0.15, -0.1) is 12.3 Å². The topological polar surface area (TPSA) is 32.8 Å². The molecule has 0 aliphatic rings. The van der Waals surface area contributed by atoms with Gasteiger partial charge in [-0.1, -0.05) is 0 Å². The molecule has 0 saturated carbocycles. The predicted molar refractivity (Wildman–Crippen MR) is 69.8 cm³/mol. The van der Waals surface area contributed by atoms with E-state index in [1.165, 1.54) is 0 Å². The van der Waals surface area contributed by atoms with E-state index in [0.29, 0.717) is 6.54 Å². The van der Waals surface area contributed by atoms with Crippen molar-refractivity contribution in [1.29, 1.82) is 0 Å². The van der Waals surface area contributed by atoms with E-state index in [2.05, 4.69) is 10.8 Å². The smallest absolute Gasteiger partial charge is 0.410 e. The molecule has 0 aromatic carbocycles. The lowest BCUT2D eigenvalue weighted by Crippen LogP contribution is -2.38. The van der Waals surface area contributed by atoms with E-state index in [0.717, 1.165) is 19.5 Å². The molecule has 0 heterocycles. The van der Waals surface area contributed by atoms with E-state index in [9.17, 15) is 4.79 Å². The highest BCUT2D eigenvalue weighted by Gasteiger charge is 2.19. The second kappa shape index (κ2) is 7.18. The molecule has 0 radical (unpaired) electrons. The largest absolute Gasteiger partial charge is 0.444 e. The molecule has 0 atom stereocenters. The Balaban J connectivity index is 3.90. The molecule has 17 heavy (non-hydrogen) atoms. The van der Waals surface area contributed by atoms with Crippen molar-refractivity contribution in [1.82, 2.24) is 9.80 Å². The third kappa shape index (κ3) is 8.58. The fourth-order valence-electron chi connectivity index (χ4n) is 1.12. The SMILES string of the molecule is C#CCCN(C)CCN(C)C(=O)OC(C)(C)C. The van der Waals surface area contributed by atoms with Gasteiger partial charge >= 0.3 is 6.09 Å². The van der Waals surface area contributed by atoms with Gasteiger partial charge in [-0.25, -0.2) is 4.79 Å². The van der Waals surface area contributed by atoms with Crippen molar-refractivity contribution in [2.75, 3.05) is 33.7 Å². The summed E-state index contributed by atoms with van der Waals surface area (Å²) in [5.41, 5.74) is -0.444. The molecule has 1 amide bonds. The Morgan fingerprint density at radius 3 is 2.29 bits per heavy atom. The van der Waals surface area contributed by atoms with Crippen LogP contribution in [0.25, 0.3) is 0 Å². The molecule has 0 bridgehead atoms. The van der Waals surface area contributed by atoms with Crippen molar-refractivity contribution < 1.29 is 9.53 Å². The lowest BCUT2D eigenvalue weighted by atomic mass is 10.2. The van der Waals surface area contributed by atoms with Gasteiger partial charge in [0.2, 0.25) is 0 Å². The third-order valence-corrected chi connectivity index (χ3v) is 2.16. The number of carbonyl (C=O) groups excluding carboxylic acids is 1. The van der Waals surface area contributed by atoms with Crippen molar-refractivity contribution >= 4 is 6.09 Å². The van der Waals surface area contributed by atoms with Crippen LogP contribution in [0, 0.1) is 12.3 Å². The van der Waals surface area contributed by atoms with Crippen LogP contribution in [0.5, 0.6) is 0 Å². The lowest BCUT2D eigenvalue weighted by molar-refractivity contribution is 0.0287. The van der Waals surface area contributed by atoms with Crippen LogP contribution in [0.2, 0.25) is 0 Å². The van der Waals surface area contributed by atoms with Crippen molar-refractivity contribution in [2.45, 2.75) is 32.8 Å². The summed E-state index contributed by atoms with van der Waals surface area (Å²) < 4.78 is 5.25. The second-order valence-electron chi connectivity index (χ2n) is 5.16. The van der Waals surface area contributed by atoms with E-state index in [-0.39, 0.29) is 6.09 Å². The monoisotopic (exact) mass is 240 g/mol. The average molecular weight is 240 g/mol. The number of likely N-dealkylation sites (N-methyl/N-ethyl adjacent to an activating group) is 2. The van der Waals surface area contributed by atoms with Crippen LogP contribution in [-0.4, -0.2) is 55.2 Å². The van der Waals surface area contributed by atoms with Crippen LogP contribution in [0.15, 0.2) is 0 Å². The van der Waals surface area contributed by atoms with Crippen molar-refractivity contribution in [3.63, 3.8) is 0 Å². The minimum Gasteiger partial charge on any atom is -0.444 e. The minimum atomic E-state index is -0.444. The Bertz CT molecular complexity index is 276. The quantitative estimate of drug-likeness (QED) is 0.687. The molecule has 0 aromatic heterocycles. The van der Waals surface area contributed by atoms with E-state index in [1.54, 1.807) is 11.9 Å².